The third kappa shape index (κ3) is 3.55. The van der Waals surface area contributed by atoms with E-state index in [0.29, 0.717) is 20.7 Å². The number of hydrogen-bond donors (Lipinski definition) is 1. The van der Waals surface area contributed by atoms with Gasteiger partial charge in [0, 0.05) is 21.7 Å². The fourth-order valence-corrected chi connectivity index (χ4v) is 5.42. The molecule has 1 N–H and O–H groups in total. The monoisotopic (exact) mass is 395 g/mol. The summed E-state index contributed by atoms with van der Waals surface area (Å²) >= 11 is 7.16. The van der Waals surface area contributed by atoms with Gasteiger partial charge in [-0.05, 0) is 17.7 Å². The van der Waals surface area contributed by atoms with E-state index >= 15 is 0 Å². The van der Waals surface area contributed by atoms with Crippen LogP contribution in [-0.4, -0.2) is 21.5 Å². The molecule has 3 rings (SSSR count). The maximum Gasteiger partial charge on any atom is 0.349 e. The van der Waals surface area contributed by atoms with E-state index in [0.717, 1.165) is 11.3 Å². The van der Waals surface area contributed by atoms with Gasteiger partial charge in [-0.3, -0.25) is 0 Å². The zero-order valence-electron chi connectivity index (χ0n) is 13.2. The smallest absolute Gasteiger partial charge is 0.349 e. The molecular formula is C17H14ClNO4S2. The molecule has 2 aromatic carbocycles. The molecule has 0 saturated carbocycles. The number of halogens is 1. The molecule has 0 atom stereocenters. The van der Waals surface area contributed by atoms with Crippen LogP contribution in [0.25, 0.3) is 10.1 Å². The van der Waals surface area contributed by atoms with E-state index in [1.165, 1.54) is 7.11 Å². The van der Waals surface area contributed by atoms with Crippen LogP contribution in [0.1, 0.15) is 15.2 Å². The molecular weight excluding hydrogens is 382 g/mol. The summed E-state index contributed by atoms with van der Waals surface area (Å²) in [5, 5.41) is 0.952. The summed E-state index contributed by atoms with van der Waals surface area (Å²) in [6.45, 7) is 0.0206. The fraction of sp³-hybridized carbons (Fsp3) is 0.118. The molecule has 0 saturated heterocycles. The van der Waals surface area contributed by atoms with Crippen molar-refractivity contribution in [2.75, 3.05) is 7.11 Å². The highest BCUT2D eigenvalue weighted by Gasteiger charge is 2.28. The van der Waals surface area contributed by atoms with E-state index in [4.69, 9.17) is 16.3 Å². The molecule has 0 fully saturated rings. The highest BCUT2D eigenvalue weighted by atomic mass is 35.5. The number of sulfonamides is 1. The average molecular weight is 396 g/mol. The Morgan fingerprint density at radius 3 is 2.56 bits per heavy atom. The van der Waals surface area contributed by atoms with Crippen molar-refractivity contribution in [3.05, 3.63) is 64.0 Å². The van der Waals surface area contributed by atoms with Crippen LogP contribution in [0.5, 0.6) is 0 Å². The Kier molecular flexibility index (Phi) is 5.10. The number of carbonyl (C=O) groups is 1. The highest BCUT2D eigenvalue weighted by Crippen LogP contribution is 2.35. The molecule has 0 bridgehead atoms. The first kappa shape index (κ1) is 17.9. The van der Waals surface area contributed by atoms with Crippen LogP contribution in [0.15, 0.2) is 53.4 Å². The van der Waals surface area contributed by atoms with E-state index in [1.54, 1.807) is 48.5 Å². The molecule has 3 aromatic rings. The summed E-state index contributed by atoms with van der Waals surface area (Å²) in [4.78, 5) is 12.0. The van der Waals surface area contributed by atoms with E-state index in [1.807, 2.05) is 0 Å². The Bertz CT molecular complexity index is 1040. The maximum atomic E-state index is 12.9. The first-order valence-corrected chi connectivity index (χ1v) is 9.94. The quantitative estimate of drug-likeness (QED) is 0.666. The Labute approximate surface area is 154 Å². The lowest BCUT2D eigenvalue weighted by molar-refractivity contribution is 0.0602. The van der Waals surface area contributed by atoms with Gasteiger partial charge in [-0.2, -0.15) is 0 Å². The van der Waals surface area contributed by atoms with Crippen LogP contribution < -0.4 is 4.72 Å². The molecule has 0 aliphatic rings. The molecule has 8 heteroatoms. The van der Waals surface area contributed by atoms with Crippen molar-refractivity contribution >= 4 is 49.0 Å². The zero-order valence-corrected chi connectivity index (χ0v) is 15.5. The van der Waals surface area contributed by atoms with Crippen LogP contribution >= 0.6 is 22.9 Å². The molecule has 25 heavy (non-hydrogen) atoms. The lowest BCUT2D eigenvalue weighted by atomic mass is 10.2. The number of ether oxygens (including phenoxy) is 1. The van der Waals surface area contributed by atoms with Gasteiger partial charge in [0.15, 0.2) is 0 Å². The van der Waals surface area contributed by atoms with E-state index in [2.05, 4.69) is 4.72 Å². The summed E-state index contributed by atoms with van der Waals surface area (Å²) in [5.74, 6) is -0.681. The molecule has 130 valence electrons. The van der Waals surface area contributed by atoms with Crippen molar-refractivity contribution in [1.29, 1.82) is 0 Å². The van der Waals surface area contributed by atoms with Gasteiger partial charge in [-0.1, -0.05) is 48.0 Å². The first-order chi connectivity index (χ1) is 11.9. The van der Waals surface area contributed by atoms with Crippen molar-refractivity contribution in [3.8, 4) is 0 Å². The van der Waals surface area contributed by atoms with Crippen molar-refractivity contribution in [1.82, 2.24) is 4.72 Å². The van der Waals surface area contributed by atoms with Crippen molar-refractivity contribution < 1.29 is 17.9 Å². The summed E-state index contributed by atoms with van der Waals surface area (Å²) in [7, 11) is -2.72. The minimum Gasteiger partial charge on any atom is -0.465 e. The number of fused-ring (bicyclic) bond motifs is 1. The lowest BCUT2D eigenvalue weighted by Crippen LogP contribution is -2.24. The van der Waals surface area contributed by atoms with Crippen molar-refractivity contribution in [2.45, 2.75) is 11.4 Å². The average Bonchev–Trinajstić information content (AvgIpc) is 3.01. The standard InChI is InChI=1S/C17H14ClNO4S2/c1-23-17(20)15-16(12-7-3-5-9-14(12)24-15)25(21,22)19-10-11-6-2-4-8-13(11)18/h2-9,19H,10H2,1H3. The Hall–Kier alpha value is -1.93. The lowest BCUT2D eigenvalue weighted by Gasteiger charge is -2.09. The predicted octanol–water partition coefficient (Wildman–Crippen LogP) is 3.82. The summed E-state index contributed by atoms with van der Waals surface area (Å²) in [6, 6.07) is 13.9. The predicted molar refractivity (Wildman–Crippen MR) is 98.6 cm³/mol. The molecule has 0 spiro atoms. The van der Waals surface area contributed by atoms with Crippen LogP contribution in [0.3, 0.4) is 0 Å². The summed E-state index contributed by atoms with van der Waals surface area (Å²) in [6.07, 6.45) is 0. The molecule has 0 aliphatic heterocycles. The Morgan fingerprint density at radius 2 is 1.84 bits per heavy atom. The van der Waals surface area contributed by atoms with Gasteiger partial charge < -0.3 is 4.74 Å². The van der Waals surface area contributed by atoms with Crippen molar-refractivity contribution in [3.63, 3.8) is 0 Å². The van der Waals surface area contributed by atoms with Gasteiger partial charge >= 0.3 is 5.97 Å². The minimum atomic E-state index is -3.94. The molecule has 1 heterocycles. The largest absolute Gasteiger partial charge is 0.465 e. The zero-order chi connectivity index (χ0) is 18.0. The van der Waals surface area contributed by atoms with Gasteiger partial charge in [0.1, 0.15) is 9.77 Å². The van der Waals surface area contributed by atoms with E-state index < -0.39 is 16.0 Å². The topological polar surface area (TPSA) is 72.5 Å². The number of carbonyl (C=O) groups excluding carboxylic acids is 1. The second-order valence-electron chi connectivity index (χ2n) is 5.16. The normalized spacial score (nSPS) is 11.6. The summed E-state index contributed by atoms with van der Waals surface area (Å²) in [5.41, 5.74) is 0.645. The fourth-order valence-electron chi connectivity index (χ4n) is 2.40. The molecule has 0 aliphatic carbocycles. The maximum absolute atomic E-state index is 12.9. The number of hydrogen-bond acceptors (Lipinski definition) is 5. The Balaban J connectivity index is 2.04. The third-order valence-corrected chi connectivity index (χ3v) is 6.73. The van der Waals surface area contributed by atoms with Crippen LogP contribution in [-0.2, 0) is 21.3 Å². The van der Waals surface area contributed by atoms with E-state index in [-0.39, 0.29) is 16.3 Å². The van der Waals surface area contributed by atoms with E-state index in [9.17, 15) is 13.2 Å². The van der Waals surface area contributed by atoms with Crippen LogP contribution in [0.2, 0.25) is 5.02 Å². The number of methoxy groups -OCH3 is 1. The third-order valence-electron chi connectivity index (χ3n) is 3.60. The Morgan fingerprint density at radius 1 is 1.16 bits per heavy atom. The van der Waals surface area contributed by atoms with Gasteiger partial charge in [0.05, 0.1) is 7.11 Å². The SMILES string of the molecule is COC(=O)c1sc2ccccc2c1S(=O)(=O)NCc1ccccc1Cl. The molecule has 5 nitrogen and oxygen atoms in total. The van der Waals surface area contributed by atoms with Crippen LogP contribution in [0, 0.1) is 0 Å². The second kappa shape index (κ2) is 7.13. The number of rotatable bonds is 5. The molecule has 0 amide bonds. The number of benzene rings is 2. The van der Waals surface area contributed by atoms with Gasteiger partial charge in [-0.25, -0.2) is 17.9 Å². The molecule has 0 unspecified atom stereocenters. The van der Waals surface area contributed by atoms with Crippen LogP contribution in [0.4, 0.5) is 0 Å². The second-order valence-corrected chi connectivity index (χ2v) is 8.33. The van der Waals surface area contributed by atoms with Gasteiger partial charge in [-0.15, -0.1) is 11.3 Å². The number of nitrogens with one attached hydrogen (secondary N) is 1. The summed E-state index contributed by atoms with van der Waals surface area (Å²) < 4.78 is 33.7. The molecule has 1 aromatic heterocycles. The molecule has 0 radical (unpaired) electrons. The van der Waals surface area contributed by atoms with Gasteiger partial charge in [0.25, 0.3) is 0 Å². The highest BCUT2D eigenvalue weighted by molar-refractivity contribution is 7.90. The number of esters is 1. The number of thiophene rings is 1. The minimum absolute atomic E-state index is 0.0206. The van der Waals surface area contributed by atoms with Gasteiger partial charge in [0.2, 0.25) is 10.0 Å². The van der Waals surface area contributed by atoms with Crippen molar-refractivity contribution in [2.24, 2.45) is 0 Å². The first-order valence-electron chi connectivity index (χ1n) is 7.27.